The number of urea groups is 1. The van der Waals surface area contributed by atoms with E-state index in [1.807, 2.05) is 39.0 Å². The lowest BCUT2D eigenvalue weighted by atomic mass is 10.1. The summed E-state index contributed by atoms with van der Waals surface area (Å²) in [5.41, 5.74) is 3.99. The van der Waals surface area contributed by atoms with Crippen molar-refractivity contribution >= 4 is 23.5 Å². The van der Waals surface area contributed by atoms with Crippen molar-refractivity contribution in [2.45, 2.75) is 33.6 Å². The molecule has 0 unspecified atom stereocenters. The minimum atomic E-state index is -0.218. The third-order valence-electron chi connectivity index (χ3n) is 4.44. The van der Waals surface area contributed by atoms with Crippen LogP contribution in [0, 0.1) is 20.8 Å². The molecule has 3 rings (SSSR count). The quantitative estimate of drug-likeness (QED) is 0.682. The van der Waals surface area contributed by atoms with Gasteiger partial charge in [-0.1, -0.05) is 6.07 Å². The third kappa shape index (κ3) is 5.57. The average Bonchev–Trinajstić information content (AvgIpc) is 3.12. The summed E-state index contributed by atoms with van der Waals surface area (Å²) in [5.74, 6) is 1.58. The van der Waals surface area contributed by atoms with Crippen molar-refractivity contribution in [2.24, 2.45) is 0 Å². The van der Waals surface area contributed by atoms with Gasteiger partial charge in [0.25, 0.3) is 0 Å². The predicted molar refractivity (Wildman–Crippen MR) is 110 cm³/mol. The van der Waals surface area contributed by atoms with Crippen LogP contribution in [0.25, 0.3) is 0 Å². The van der Waals surface area contributed by atoms with Gasteiger partial charge in [0.1, 0.15) is 5.82 Å². The molecule has 0 saturated carbocycles. The number of carbonyl (C=O) groups excluding carboxylic acids is 1. The molecule has 0 aliphatic carbocycles. The van der Waals surface area contributed by atoms with Gasteiger partial charge in [0.05, 0.1) is 0 Å². The van der Waals surface area contributed by atoms with Crippen LogP contribution in [0.2, 0.25) is 0 Å². The smallest absolute Gasteiger partial charge is 0.319 e. The average molecular weight is 368 g/mol. The van der Waals surface area contributed by atoms with Crippen molar-refractivity contribution in [3.8, 4) is 0 Å². The fraction of sp³-hybridized carbons (Fsp3) is 0.450. The van der Waals surface area contributed by atoms with Crippen molar-refractivity contribution < 1.29 is 4.79 Å². The van der Waals surface area contributed by atoms with Crippen LogP contribution in [0.5, 0.6) is 0 Å². The van der Waals surface area contributed by atoms with Crippen LogP contribution in [0.3, 0.4) is 0 Å². The van der Waals surface area contributed by atoms with Crippen LogP contribution in [-0.2, 0) is 0 Å². The van der Waals surface area contributed by atoms with E-state index in [0.29, 0.717) is 19.0 Å². The van der Waals surface area contributed by atoms with Crippen LogP contribution in [0.1, 0.15) is 29.7 Å². The lowest BCUT2D eigenvalue weighted by molar-refractivity contribution is 0.252. The topological polar surface area (TPSA) is 82.2 Å². The van der Waals surface area contributed by atoms with Crippen molar-refractivity contribution in [1.29, 1.82) is 0 Å². The molecule has 3 N–H and O–H groups in total. The second-order valence-corrected chi connectivity index (χ2v) is 7.07. The van der Waals surface area contributed by atoms with E-state index >= 15 is 0 Å². The van der Waals surface area contributed by atoms with Gasteiger partial charge in [0, 0.05) is 43.6 Å². The molecule has 27 heavy (non-hydrogen) atoms. The highest BCUT2D eigenvalue weighted by Crippen LogP contribution is 2.19. The Labute approximate surface area is 160 Å². The monoisotopic (exact) mass is 368 g/mol. The number of hydrogen-bond acceptors (Lipinski definition) is 5. The van der Waals surface area contributed by atoms with Gasteiger partial charge in [0.15, 0.2) is 0 Å². The van der Waals surface area contributed by atoms with E-state index in [9.17, 15) is 4.79 Å². The third-order valence-corrected chi connectivity index (χ3v) is 4.44. The van der Waals surface area contributed by atoms with Gasteiger partial charge in [-0.25, -0.2) is 9.78 Å². The second-order valence-electron chi connectivity index (χ2n) is 7.07. The fourth-order valence-electron chi connectivity index (χ4n) is 3.31. The standard InChI is InChI=1S/C20H28N6O/c1-14-10-15(2)12-17(11-14)24-20(27)22-7-6-21-19-23-16(3)13-18(25-19)26-8-4-5-9-26/h10-13H,4-9H2,1-3H3,(H,21,23,25)(H2,22,24,27). The maximum atomic E-state index is 12.0. The first-order valence-corrected chi connectivity index (χ1v) is 9.47. The number of aromatic nitrogens is 2. The maximum Gasteiger partial charge on any atom is 0.319 e. The highest BCUT2D eigenvalue weighted by molar-refractivity contribution is 5.89. The number of rotatable bonds is 6. The molecule has 1 aromatic heterocycles. The van der Waals surface area contributed by atoms with E-state index in [1.165, 1.54) is 12.8 Å². The molecule has 144 valence electrons. The molecule has 1 aliphatic heterocycles. The highest BCUT2D eigenvalue weighted by atomic mass is 16.2. The molecule has 7 nitrogen and oxygen atoms in total. The molecule has 0 bridgehead atoms. The number of anilines is 3. The van der Waals surface area contributed by atoms with Gasteiger partial charge in [0.2, 0.25) is 5.95 Å². The molecule has 2 heterocycles. The number of hydrogen-bond donors (Lipinski definition) is 3. The summed E-state index contributed by atoms with van der Waals surface area (Å²) >= 11 is 0. The molecule has 0 spiro atoms. The summed E-state index contributed by atoms with van der Waals surface area (Å²) < 4.78 is 0. The van der Waals surface area contributed by atoms with E-state index in [1.54, 1.807) is 0 Å². The van der Waals surface area contributed by atoms with Gasteiger partial charge >= 0.3 is 6.03 Å². The Morgan fingerprint density at radius 3 is 2.41 bits per heavy atom. The summed E-state index contributed by atoms with van der Waals surface area (Å²) in [6, 6.07) is 7.78. The molecular formula is C20H28N6O. The molecule has 0 atom stereocenters. The Kier molecular flexibility index (Phi) is 6.11. The molecule has 2 amide bonds. The van der Waals surface area contributed by atoms with Gasteiger partial charge in [-0.2, -0.15) is 4.98 Å². The van der Waals surface area contributed by atoms with Crippen molar-refractivity contribution in [3.05, 3.63) is 41.1 Å². The molecule has 1 aliphatic rings. The molecule has 1 fully saturated rings. The predicted octanol–water partition coefficient (Wildman–Crippen LogP) is 3.24. The largest absolute Gasteiger partial charge is 0.356 e. The normalized spacial score (nSPS) is 13.5. The van der Waals surface area contributed by atoms with Crippen LogP contribution in [0.15, 0.2) is 24.3 Å². The lowest BCUT2D eigenvalue weighted by Crippen LogP contribution is -2.33. The summed E-state index contributed by atoms with van der Waals surface area (Å²) in [5, 5.41) is 8.90. The van der Waals surface area contributed by atoms with E-state index < -0.39 is 0 Å². The molecule has 2 aromatic rings. The zero-order valence-corrected chi connectivity index (χ0v) is 16.3. The van der Waals surface area contributed by atoms with Gasteiger partial charge < -0.3 is 20.9 Å². The van der Waals surface area contributed by atoms with Gasteiger partial charge in [-0.3, -0.25) is 0 Å². The highest BCUT2D eigenvalue weighted by Gasteiger charge is 2.15. The lowest BCUT2D eigenvalue weighted by Gasteiger charge is -2.17. The number of amides is 2. The van der Waals surface area contributed by atoms with E-state index in [-0.39, 0.29) is 6.03 Å². The van der Waals surface area contributed by atoms with Crippen LogP contribution in [-0.4, -0.2) is 42.2 Å². The van der Waals surface area contributed by atoms with Crippen LogP contribution >= 0.6 is 0 Å². The number of nitrogens with zero attached hydrogens (tertiary/aromatic N) is 3. The number of aryl methyl sites for hydroxylation is 3. The zero-order valence-electron chi connectivity index (χ0n) is 16.3. The van der Waals surface area contributed by atoms with Crippen LogP contribution < -0.4 is 20.9 Å². The number of carbonyl (C=O) groups is 1. The van der Waals surface area contributed by atoms with E-state index in [0.717, 1.165) is 41.4 Å². The van der Waals surface area contributed by atoms with E-state index in [2.05, 4.69) is 36.9 Å². The fourth-order valence-corrected chi connectivity index (χ4v) is 3.31. The number of benzene rings is 1. The summed E-state index contributed by atoms with van der Waals surface area (Å²) in [6.45, 7) is 9.14. The van der Waals surface area contributed by atoms with Gasteiger partial charge in [-0.15, -0.1) is 0 Å². The second kappa shape index (κ2) is 8.70. The first kappa shape index (κ1) is 18.9. The molecule has 1 aromatic carbocycles. The Morgan fingerprint density at radius 1 is 1.00 bits per heavy atom. The first-order valence-electron chi connectivity index (χ1n) is 9.47. The Bertz CT molecular complexity index is 781. The Hall–Kier alpha value is -2.83. The molecule has 1 saturated heterocycles. The van der Waals surface area contributed by atoms with Gasteiger partial charge in [-0.05, 0) is 56.9 Å². The molecule has 7 heteroatoms. The maximum absolute atomic E-state index is 12.0. The number of nitrogens with one attached hydrogen (secondary N) is 3. The molecular weight excluding hydrogens is 340 g/mol. The minimum absolute atomic E-state index is 0.218. The minimum Gasteiger partial charge on any atom is -0.356 e. The van der Waals surface area contributed by atoms with Crippen LogP contribution in [0.4, 0.5) is 22.2 Å². The zero-order chi connectivity index (χ0) is 19.2. The first-order chi connectivity index (χ1) is 13.0. The molecule has 0 radical (unpaired) electrons. The summed E-state index contributed by atoms with van der Waals surface area (Å²) in [7, 11) is 0. The Balaban J connectivity index is 1.46. The van der Waals surface area contributed by atoms with E-state index in [4.69, 9.17) is 0 Å². The SMILES string of the molecule is Cc1cc(C)cc(NC(=O)NCCNc2nc(C)cc(N3CCCC3)n2)c1. The van der Waals surface area contributed by atoms with Crippen molar-refractivity contribution in [2.75, 3.05) is 41.7 Å². The Morgan fingerprint density at radius 2 is 1.70 bits per heavy atom. The van der Waals surface area contributed by atoms with Crippen molar-refractivity contribution in [1.82, 2.24) is 15.3 Å². The van der Waals surface area contributed by atoms with Crippen molar-refractivity contribution in [3.63, 3.8) is 0 Å². The summed E-state index contributed by atoms with van der Waals surface area (Å²) in [6.07, 6.45) is 2.43. The summed E-state index contributed by atoms with van der Waals surface area (Å²) in [4.78, 5) is 23.4.